The van der Waals surface area contributed by atoms with Crippen LogP contribution in [-0.2, 0) is 6.54 Å². The summed E-state index contributed by atoms with van der Waals surface area (Å²) in [7, 11) is 0. The molecule has 0 spiro atoms. The number of aliphatic hydroxyl groups excluding tert-OH is 1. The van der Waals surface area contributed by atoms with Crippen molar-refractivity contribution in [2.24, 2.45) is 5.92 Å². The van der Waals surface area contributed by atoms with Crippen LogP contribution in [0.25, 0.3) is 10.8 Å². The summed E-state index contributed by atoms with van der Waals surface area (Å²) >= 11 is 1.64. The second kappa shape index (κ2) is 5.68. The van der Waals surface area contributed by atoms with E-state index >= 15 is 0 Å². The number of aromatic nitrogens is 1. The van der Waals surface area contributed by atoms with Gasteiger partial charge in [-0.2, -0.15) is 0 Å². The molecular weight excluding hydrogens is 272 g/mol. The third kappa shape index (κ3) is 2.53. The molecule has 2 atom stereocenters. The lowest BCUT2D eigenvalue weighted by molar-refractivity contribution is 0.133. The molecule has 1 aliphatic rings. The minimum Gasteiger partial charge on any atom is -0.440 e. The summed E-state index contributed by atoms with van der Waals surface area (Å²) in [4.78, 5) is 8.01. The Bertz CT molecular complexity index is 564. The Morgan fingerprint density at radius 2 is 2.40 bits per heavy atom. The predicted molar refractivity (Wildman–Crippen MR) is 79.6 cm³/mol. The number of likely N-dealkylation sites (tertiary alicyclic amines) is 1. The van der Waals surface area contributed by atoms with Crippen LogP contribution in [0.4, 0.5) is 0 Å². The molecule has 0 aliphatic carbocycles. The Kier molecular flexibility index (Phi) is 3.92. The van der Waals surface area contributed by atoms with Crippen molar-refractivity contribution in [3.05, 3.63) is 29.0 Å². The lowest BCUT2D eigenvalue weighted by Crippen LogP contribution is -2.34. The molecule has 4 nitrogen and oxygen atoms in total. The molecule has 0 radical (unpaired) electrons. The molecule has 108 valence electrons. The van der Waals surface area contributed by atoms with Gasteiger partial charge in [-0.25, -0.2) is 4.98 Å². The quantitative estimate of drug-likeness (QED) is 0.941. The van der Waals surface area contributed by atoms with Crippen molar-refractivity contribution in [2.75, 3.05) is 13.2 Å². The van der Waals surface area contributed by atoms with Gasteiger partial charge >= 0.3 is 0 Å². The maximum absolute atomic E-state index is 9.53. The molecule has 1 N–H and O–H groups in total. The molecule has 1 saturated heterocycles. The van der Waals surface area contributed by atoms with Gasteiger partial charge in [0.1, 0.15) is 5.76 Å². The fourth-order valence-electron chi connectivity index (χ4n) is 2.85. The summed E-state index contributed by atoms with van der Waals surface area (Å²) in [5.41, 5.74) is 0.987. The van der Waals surface area contributed by atoms with Crippen LogP contribution in [0.5, 0.6) is 0 Å². The first-order chi connectivity index (χ1) is 9.69. The average molecular weight is 292 g/mol. The Morgan fingerprint density at radius 3 is 3.10 bits per heavy atom. The zero-order valence-electron chi connectivity index (χ0n) is 11.9. The molecule has 3 rings (SSSR count). The van der Waals surface area contributed by atoms with Crippen LogP contribution < -0.4 is 0 Å². The highest BCUT2D eigenvalue weighted by atomic mass is 32.1. The first-order valence-electron chi connectivity index (χ1n) is 7.04. The van der Waals surface area contributed by atoms with Crippen molar-refractivity contribution in [1.82, 2.24) is 9.88 Å². The fourth-order valence-corrected chi connectivity index (χ4v) is 3.50. The third-order valence-electron chi connectivity index (χ3n) is 4.16. The first kappa shape index (κ1) is 13.8. The lowest BCUT2D eigenvalue weighted by atomic mass is 10.0. The van der Waals surface area contributed by atoms with Gasteiger partial charge in [-0.05, 0) is 37.3 Å². The number of hydrogen-bond donors (Lipinski definition) is 1. The van der Waals surface area contributed by atoms with E-state index in [1.54, 1.807) is 11.3 Å². The molecule has 1 aliphatic heterocycles. The summed E-state index contributed by atoms with van der Waals surface area (Å²) in [5, 5.41) is 11.6. The van der Waals surface area contributed by atoms with E-state index in [1.165, 1.54) is 0 Å². The van der Waals surface area contributed by atoms with Crippen LogP contribution in [0.3, 0.4) is 0 Å². The van der Waals surface area contributed by atoms with Crippen LogP contribution in [0.15, 0.2) is 21.9 Å². The second-order valence-electron chi connectivity index (χ2n) is 5.49. The van der Waals surface area contributed by atoms with E-state index in [9.17, 15) is 5.11 Å². The molecule has 0 aromatic carbocycles. The largest absolute Gasteiger partial charge is 0.440 e. The van der Waals surface area contributed by atoms with Crippen molar-refractivity contribution >= 4 is 11.3 Å². The molecule has 3 heterocycles. The van der Waals surface area contributed by atoms with Crippen molar-refractivity contribution < 1.29 is 9.52 Å². The van der Waals surface area contributed by atoms with E-state index in [0.717, 1.165) is 35.8 Å². The van der Waals surface area contributed by atoms with Crippen LogP contribution in [-0.4, -0.2) is 34.2 Å². The molecule has 1 fully saturated rings. The summed E-state index contributed by atoms with van der Waals surface area (Å²) in [6.45, 7) is 6.17. The van der Waals surface area contributed by atoms with Gasteiger partial charge < -0.3 is 9.52 Å². The van der Waals surface area contributed by atoms with Gasteiger partial charge in [0.25, 0.3) is 0 Å². The zero-order valence-corrected chi connectivity index (χ0v) is 12.7. The second-order valence-corrected chi connectivity index (χ2v) is 6.43. The van der Waals surface area contributed by atoms with Crippen molar-refractivity contribution in [2.45, 2.75) is 32.9 Å². The smallest absolute Gasteiger partial charge is 0.236 e. The molecule has 2 aromatic rings. The molecule has 2 aromatic heterocycles. The monoisotopic (exact) mass is 292 g/mol. The minimum absolute atomic E-state index is 0.218. The van der Waals surface area contributed by atoms with E-state index in [1.807, 2.05) is 24.4 Å². The lowest BCUT2D eigenvalue weighted by Gasteiger charge is -2.24. The number of hydrogen-bond acceptors (Lipinski definition) is 5. The summed E-state index contributed by atoms with van der Waals surface area (Å²) < 4.78 is 5.78. The van der Waals surface area contributed by atoms with Gasteiger partial charge in [-0.3, -0.25) is 4.90 Å². The Balaban J connectivity index is 1.78. The highest BCUT2D eigenvalue weighted by Crippen LogP contribution is 2.29. The number of rotatable bonds is 4. The molecular formula is C15H20N2O2S. The number of aryl methyl sites for hydroxylation is 1. The molecule has 0 bridgehead atoms. The van der Waals surface area contributed by atoms with Crippen LogP contribution >= 0.6 is 11.3 Å². The molecule has 0 amide bonds. The highest BCUT2D eigenvalue weighted by Gasteiger charge is 2.31. The van der Waals surface area contributed by atoms with E-state index < -0.39 is 0 Å². The van der Waals surface area contributed by atoms with E-state index in [-0.39, 0.29) is 12.6 Å². The molecule has 0 saturated carbocycles. The van der Waals surface area contributed by atoms with Gasteiger partial charge in [0.05, 0.1) is 17.2 Å². The number of nitrogens with zero attached hydrogens (tertiary/aromatic N) is 2. The maximum Gasteiger partial charge on any atom is 0.236 e. The maximum atomic E-state index is 9.53. The normalized spacial score (nSPS) is 23.6. The summed E-state index contributed by atoms with van der Waals surface area (Å²) in [6, 6.07) is 4.27. The van der Waals surface area contributed by atoms with E-state index in [2.05, 4.69) is 16.8 Å². The average Bonchev–Trinajstić information content (AvgIpc) is 3.12. The Labute approximate surface area is 123 Å². The van der Waals surface area contributed by atoms with Gasteiger partial charge in [0, 0.05) is 12.6 Å². The Hall–Kier alpha value is -1.17. The Morgan fingerprint density at radius 1 is 1.55 bits per heavy atom. The van der Waals surface area contributed by atoms with Crippen molar-refractivity contribution in [3.63, 3.8) is 0 Å². The van der Waals surface area contributed by atoms with Gasteiger partial charge in [-0.15, -0.1) is 11.3 Å². The number of thiophene rings is 1. The highest BCUT2D eigenvalue weighted by molar-refractivity contribution is 7.13. The van der Waals surface area contributed by atoms with E-state index in [0.29, 0.717) is 11.8 Å². The fraction of sp³-hybridized carbons (Fsp3) is 0.533. The van der Waals surface area contributed by atoms with Gasteiger partial charge in [0.15, 0.2) is 0 Å². The van der Waals surface area contributed by atoms with Crippen molar-refractivity contribution in [3.8, 4) is 10.8 Å². The SMILES string of the molecule is Cc1oc(-c2cccs2)nc1CN1CCC(C)C1CO. The molecule has 2 unspecified atom stereocenters. The number of oxazole rings is 1. The van der Waals surface area contributed by atoms with Crippen molar-refractivity contribution in [1.29, 1.82) is 0 Å². The topological polar surface area (TPSA) is 49.5 Å². The minimum atomic E-state index is 0.218. The number of aliphatic hydroxyl groups is 1. The zero-order chi connectivity index (χ0) is 14.1. The molecule has 5 heteroatoms. The van der Waals surface area contributed by atoms with Crippen LogP contribution in [0, 0.1) is 12.8 Å². The van der Waals surface area contributed by atoms with Gasteiger partial charge in [0.2, 0.25) is 5.89 Å². The predicted octanol–water partition coefficient (Wildman–Crippen LogP) is 2.91. The van der Waals surface area contributed by atoms with E-state index in [4.69, 9.17) is 4.42 Å². The van der Waals surface area contributed by atoms with Gasteiger partial charge in [-0.1, -0.05) is 13.0 Å². The standard InChI is InChI=1S/C15H20N2O2S/c1-10-5-6-17(13(10)9-18)8-12-11(2)19-15(16-12)14-4-3-7-20-14/h3-4,7,10,13,18H,5-6,8-9H2,1-2H3. The first-order valence-corrected chi connectivity index (χ1v) is 7.92. The van der Waals surface area contributed by atoms with Crippen LogP contribution in [0.1, 0.15) is 24.8 Å². The summed E-state index contributed by atoms with van der Waals surface area (Å²) in [6.07, 6.45) is 1.14. The third-order valence-corrected chi connectivity index (χ3v) is 5.02. The summed E-state index contributed by atoms with van der Waals surface area (Å²) in [5.74, 6) is 2.13. The van der Waals surface area contributed by atoms with Crippen LogP contribution in [0.2, 0.25) is 0 Å². The molecule has 20 heavy (non-hydrogen) atoms.